The number of nitrogens with two attached hydrogens (primary N) is 1. The Labute approximate surface area is 238 Å². The lowest BCUT2D eigenvalue weighted by Gasteiger charge is -2.44. The summed E-state index contributed by atoms with van der Waals surface area (Å²) in [6.07, 6.45) is 0.0206. The molecule has 0 bridgehead atoms. The molecule has 0 saturated carbocycles. The van der Waals surface area contributed by atoms with Gasteiger partial charge in [-0.25, -0.2) is 10.2 Å². The summed E-state index contributed by atoms with van der Waals surface area (Å²) in [4.78, 5) is 12.2. The molecule has 0 radical (unpaired) electrons. The number of hydrogen-bond donors (Lipinski definition) is 1. The molecule has 2 atom stereocenters. The van der Waals surface area contributed by atoms with Crippen molar-refractivity contribution >= 4 is 37.2 Å². The van der Waals surface area contributed by atoms with Gasteiger partial charge in [-0.05, 0) is 23.3 Å². The predicted molar refractivity (Wildman–Crippen MR) is 152 cm³/mol. The van der Waals surface area contributed by atoms with Crippen LogP contribution in [0.4, 0.5) is 0 Å². The summed E-state index contributed by atoms with van der Waals surface area (Å²) >= 11 is 11.7. The van der Waals surface area contributed by atoms with E-state index in [0.717, 1.165) is 17.4 Å². The van der Waals surface area contributed by atoms with Gasteiger partial charge in [0.1, 0.15) is 11.5 Å². The van der Waals surface area contributed by atoms with Gasteiger partial charge in [0, 0.05) is 36.8 Å². The fourth-order valence-corrected chi connectivity index (χ4v) is 6.59. The molecule has 2 unspecified atom stereocenters. The summed E-state index contributed by atoms with van der Waals surface area (Å²) in [5.41, 5.74) is 7.49. The average Bonchev–Trinajstić information content (AvgIpc) is 2.97. The highest BCUT2D eigenvalue weighted by molar-refractivity contribution is 7.53. The zero-order valence-electron chi connectivity index (χ0n) is 21.5. The number of carbonyl (C=O) groups excluding carboxylic acids is 1. The van der Waals surface area contributed by atoms with Gasteiger partial charge in [-0.1, -0.05) is 60.7 Å². The molecule has 0 amide bonds. The Hall–Kier alpha value is -2.42. The number of nitrogens with zero attached hydrogens (tertiary/aromatic N) is 1. The fraction of sp³-hybridized carbons (Fsp3) is 0.321. The van der Waals surface area contributed by atoms with E-state index in [1.807, 2.05) is 66.7 Å². The van der Waals surface area contributed by atoms with Crippen molar-refractivity contribution in [1.29, 1.82) is 0 Å². The van der Waals surface area contributed by atoms with Gasteiger partial charge in [-0.15, -0.1) is 23.2 Å². The van der Waals surface area contributed by atoms with Crippen LogP contribution in [0.15, 0.2) is 72.8 Å². The molecule has 8 nitrogen and oxygen atoms in total. The number of halogens is 2. The molecule has 2 N–H and O–H groups in total. The molecule has 0 saturated heterocycles. The highest BCUT2D eigenvalue weighted by Gasteiger charge is 2.47. The third kappa shape index (κ3) is 6.34. The lowest BCUT2D eigenvalue weighted by molar-refractivity contribution is -0.168. The molecular formula is C28H31Cl2N2O6P. The second-order valence-electron chi connectivity index (χ2n) is 8.81. The summed E-state index contributed by atoms with van der Waals surface area (Å²) in [5, 5.41) is 0. The van der Waals surface area contributed by atoms with Crippen LogP contribution in [0, 0.1) is 0 Å². The first-order chi connectivity index (χ1) is 18.9. The summed E-state index contributed by atoms with van der Waals surface area (Å²) in [6.45, 7) is 0.490. The topological polar surface area (TPSA) is 100 Å². The number of benzene rings is 3. The quantitative estimate of drug-likeness (QED) is 0.151. The van der Waals surface area contributed by atoms with Crippen molar-refractivity contribution in [1.82, 2.24) is 4.67 Å². The van der Waals surface area contributed by atoms with E-state index in [9.17, 15) is 9.36 Å². The standard InChI is InChI=1S/C28H31Cl2N2O6P/c1-35-24-18-21(20-33)27-25(19-24)28(22-8-4-2-5-9-22,23-10-6-3-7-11-23)38-26(37-27)12-17-36-39(31,34)32(15-13-29)16-14-30/h2-11,18-20,26H,12-17H2,1H3,(H2,31,34). The smallest absolute Gasteiger partial charge is 0.340 e. The van der Waals surface area contributed by atoms with Gasteiger partial charge in [0.15, 0.2) is 11.9 Å². The minimum atomic E-state index is -3.66. The van der Waals surface area contributed by atoms with Crippen molar-refractivity contribution < 1.29 is 28.1 Å². The van der Waals surface area contributed by atoms with E-state index < -0.39 is 19.6 Å². The molecule has 1 aliphatic heterocycles. The number of hydrogen-bond acceptors (Lipinski definition) is 6. The van der Waals surface area contributed by atoms with Crippen LogP contribution in [0.5, 0.6) is 11.5 Å². The molecule has 0 aromatic heterocycles. The number of aldehydes is 1. The Kier molecular flexibility index (Phi) is 10.1. The van der Waals surface area contributed by atoms with Crippen molar-refractivity contribution in [3.8, 4) is 11.5 Å². The number of alkyl halides is 2. The molecule has 208 valence electrons. The lowest BCUT2D eigenvalue weighted by atomic mass is 9.78. The van der Waals surface area contributed by atoms with Crippen molar-refractivity contribution in [2.75, 3.05) is 38.6 Å². The van der Waals surface area contributed by atoms with E-state index >= 15 is 0 Å². The molecule has 3 aromatic rings. The number of carbonyl (C=O) groups is 1. The van der Waals surface area contributed by atoms with E-state index in [0.29, 0.717) is 22.6 Å². The van der Waals surface area contributed by atoms with Crippen LogP contribution in [-0.2, 0) is 19.4 Å². The fourth-order valence-electron chi connectivity index (χ4n) is 4.66. The van der Waals surface area contributed by atoms with Crippen LogP contribution < -0.4 is 15.0 Å². The zero-order chi connectivity index (χ0) is 27.9. The molecule has 0 spiro atoms. The highest BCUT2D eigenvalue weighted by Crippen LogP contribution is 2.51. The lowest BCUT2D eigenvalue weighted by Crippen LogP contribution is -2.44. The molecule has 11 heteroatoms. The number of ether oxygens (including phenoxy) is 3. The van der Waals surface area contributed by atoms with Gasteiger partial charge < -0.3 is 18.7 Å². The van der Waals surface area contributed by atoms with Crippen LogP contribution >= 0.6 is 30.9 Å². The molecule has 0 aliphatic carbocycles. The van der Waals surface area contributed by atoms with Gasteiger partial charge >= 0.3 is 7.67 Å². The van der Waals surface area contributed by atoms with Gasteiger partial charge in [0.25, 0.3) is 0 Å². The molecule has 4 rings (SSSR count). The van der Waals surface area contributed by atoms with Gasteiger partial charge in [-0.2, -0.15) is 0 Å². The Morgan fingerprint density at radius 2 is 1.62 bits per heavy atom. The zero-order valence-corrected chi connectivity index (χ0v) is 23.9. The van der Waals surface area contributed by atoms with Crippen molar-refractivity contribution in [3.05, 3.63) is 95.1 Å². The van der Waals surface area contributed by atoms with Crippen LogP contribution in [0.25, 0.3) is 0 Å². The molecule has 1 heterocycles. The Morgan fingerprint density at radius 1 is 1.03 bits per heavy atom. The third-order valence-corrected chi connectivity index (χ3v) is 8.54. The first-order valence-corrected chi connectivity index (χ1v) is 15.1. The maximum Gasteiger partial charge on any atom is 0.340 e. The van der Waals surface area contributed by atoms with Gasteiger partial charge in [-0.3, -0.25) is 9.36 Å². The molecule has 39 heavy (non-hydrogen) atoms. The Bertz CT molecular complexity index is 1250. The second kappa shape index (κ2) is 13.3. The number of rotatable bonds is 13. The van der Waals surface area contributed by atoms with Gasteiger partial charge in [0.2, 0.25) is 6.29 Å². The van der Waals surface area contributed by atoms with E-state index in [1.54, 1.807) is 6.07 Å². The second-order valence-corrected chi connectivity index (χ2v) is 11.5. The highest BCUT2D eigenvalue weighted by atomic mass is 35.5. The van der Waals surface area contributed by atoms with Crippen molar-refractivity contribution in [2.24, 2.45) is 5.50 Å². The normalized spacial score (nSPS) is 17.6. The SMILES string of the molecule is COc1cc(C=O)c2c(c1)C(c1ccccc1)(c1ccccc1)OC(CCOP(N)(=O)N(CCCl)CCCl)O2. The maximum atomic E-state index is 13.1. The first-order valence-electron chi connectivity index (χ1n) is 12.4. The molecule has 0 fully saturated rings. The number of fused-ring (bicyclic) bond motifs is 1. The summed E-state index contributed by atoms with van der Waals surface area (Å²) < 4.78 is 38.7. The average molecular weight is 593 g/mol. The summed E-state index contributed by atoms with van der Waals surface area (Å²) in [7, 11) is -2.12. The van der Waals surface area contributed by atoms with Crippen molar-refractivity contribution in [3.63, 3.8) is 0 Å². The number of methoxy groups -OCH3 is 1. The molecule has 3 aromatic carbocycles. The minimum absolute atomic E-state index is 0.0406. The first kappa shape index (κ1) is 29.6. The summed E-state index contributed by atoms with van der Waals surface area (Å²) in [5.74, 6) is 1.31. The van der Waals surface area contributed by atoms with E-state index in [-0.39, 0.29) is 37.9 Å². The third-order valence-electron chi connectivity index (χ3n) is 6.46. The largest absolute Gasteiger partial charge is 0.497 e. The van der Waals surface area contributed by atoms with Crippen LogP contribution in [0.3, 0.4) is 0 Å². The van der Waals surface area contributed by atoms with E-state index in [2.05, 4.69) is 0 Å². The monoisotopic (exact) mass is 592 g/mol. The van der Waals surface area contributed by atoms with Crippen molar-refractivity contribution in [2.45, 2.75) is 18.3 Å². The minimum Gasteiger partial charge on any atom is -0.497 e. The van der Waals surface area contributed by atoms with E-state index in [1.165, 1.54) is 11.8 Å². The Balaban J connectivity index is 1.76. The van der Waals surface area contributed by atoms with Crippen LogP contribution in [0.2, 0.25) is 0 Å². The predicted octanol–water partition coefficient (Wildman–Crippen LogP) is 5.79. The Morgan fingerprint density at radius 3 is 2.13 bits per heavy atom. The molecular weight excluding hydrogens is 562 g/mol. The summed E-state index contributed by atoms with van der Waals surface area (Å²) in [6, 6.07) is 22.8. The molecule has 1 aliphatic rings. The maximum absolute atomic E-state index is 13.1. The van der Waals surface area contributed by atoms with Crippen LogP contribution in [0.1, 0.15) is 33.5 Å². The van der Waals surface area contributed by atoms with Gasteiger partial charge in [0.05, 0.1) is 19.3 Å². The van der Waals surface area contributed by atoms with E-state index in [4.69, 9.17) is 47.4 Å². The van der Waals surface area contributed by atoms with Crippen LogP contribution in [-0.4, -0.2) is 55.8 Å².